The molecule has 1 aliphatic rings. The van der Waals surface area contributed by atoms with Crippen molar-refractivity contribution in [3.63, 3.8) is 0 Å². The van der Waals surface area contributed by atoms with Gasteiger partial charge in [0.15, 0.2) is 0 Å². The Kier molecular flexibility index (Phi) is 4.21. The van der Waals surface area contributed by atoms with Gasteiger partial charge in [0.1, 0.15) is 5.82 Å². The molecule has 0 fully saturated rings. The third-order valence-corrected chi connectivity index (χ3v) is 4.93. The van der Waals surface area contributed by atoms with Gasteiger partial charge in [0, 0.05) is 17.7 Å². The average molecular weight is 371 g/mol. The van der Waals surface area contributed by atoms with E-state index in [-0.39, 0.29) is 11.5 Å². The van der Waals surface area contributed by atoms with Crippen LogP contribution in [0.4, 0.5) is 19.0 Å². The fraction of sp³-hybridized carbons (Fsp3) is 0.286. The molecule has 0 amide bonds. The van der Waals surface area contributed by atoms with Gasteiger partial charge >= 0.3 is 6.18 Å². The smallest absolute Gasteiger partial charge is 0.369 e. The molecule has 1 aliphatic heterocycles. The maximum Gasteiger partial charge on any atom is 0.417 e. The summed E-state index contributed by atoms with van der Waals surface area (Å²) in [5.74, 6) is 1.06. The van der Waals surface area contributed by atoms with Gasteiger partial charge in [-0.1, -0.05) is 50.2 Å². The first-order chi connectivity index (χ1) is 12.9. The second-order valence-corrected chi connectivity index (χ2v) is 7.02. The maximum atomic E-state index is 13.5. The molecule has 1 N–H and O–H groups in total. The van der Waals surface area contributed by atoms with Crippen LogP contribution in [-0.2, 0) is 12.6 Å². The van der Waals surface area contributed by atoms with E-state index in [1.165, 1.54) is 12.1 Å². The van der Waals surface area contributed by atoms with Crippen LogP contribution < -0.4 is 5.32 Å². The second-order valence-electron chi connectivity index (χ2n) is 7.02. The fourth-order valence-corrected chi connectivity index (χ4v) is 3.67. The molecule has 3 aromatic rings. The molecule has 140 valence electrons. The number of benzene rings is 2. The van der Waals surface area contributed by atoms with E-state index >= 15 is 0 Å². The first-order valence-electron chi connectivity index (χ1n) is 8.99. The van der Waals surface area contributed by atoms with Crippen molar-refractivity contribution < 1.29 is 13.2 Å². The van der Waals surface area contributed by atoms with E-state index in [2.05, 4.69) is 24.3 Å². The number of fused-ring (bicyclic) bond motifs is 1. The van der Waals surface area contributed by atoms with Crippen molar-refractivity contribution in [2.45, 2.75) is 32.4 Å². The highest BCUT2D eigenvalue weighted by atomic mass is 19.4. The Morgan fingerprint density at radius 2 is 1.74 bits per heavy atom. The van der Waals surface area contributed by atoms with E-state index in [4.69, 9.17) is 0 Å². The summed E-state index contributed by atoms with van der Waals surface area (Å²) in [4.78, 5) is 0. The highest BCUT2D eigenvalue weighted by molar-refractivity contribution is 5.75. The van der Waals surface area contributed by atoms with Crippen LogP contribution in [0.3, 0.4) is 0 Å². The molecular formula is C21H20F3N3. The van der Waals surface area contributed by atoms with Gasteiger partial charge in [0.25, 0.3) is 0 Å². The summed E-state index contributed by atoms with van der Waals surface area (Å²) < 4.78 is 42.4. The molecule has 0 saturated heterocycles. The van der Waals surface area contributed by atoms with Gasteiger partial charge in [-0.3, -0.25) is 0 Å². The van der Waals surface area contributed by atoms with Crippen LogP contribution in [0.2, 0.25) is 0 Å². The zero-order valence-corrected chi connectivity index (χ0v) is 15.1. The van der Waals surface area contributed by atoms with Crippen LogP contribution in [0, 0.1) is 0 Å². The lowest BCUT2D eigenvalue weighted by Crippen LogP contribution is -2.09. The van der Waals surface area contributed by atoms with Gasteiger partial charge in [-0.25, -0.2) is 4.68 Å². The molecule has 0 unspecified atom stereocenters. The third kappa shape index (κ3) is 2.99. The largest absolute Gasteiger partial charge is 0.417 e. The number of para-hydroxylation sites is 1. The van der Waals surface area contributed by atoms with Crippen molar-refractivity contribution in [2.24, 2.45) is 0 Å². The van der Waals surface area contributed by atoms with Crippen LogP contribution in [0.15, 0.2) is 48.5 Å². The lowest BCUT2D eigenvalue weighted by atomic mass is 10.0. The monoisotopic (exact) mass is 371 g/mol. The minimum absolute atomic E-state index is 0.130. The van der Waals surface area contributed by atoms with Crippen molar-refractivity contribution in [1.29, 1.82) is 0 Å². The number of nitrogens with one attached hydrogen (secondary N) is 1. The first kappa shape index (κ1) is 17.6. The van der Waals surface area contributed by atoms with Crippen LogP contribution in [0.1, 0.15) is 36.5 Å². The summed E-state index contributed by atoms with van der Waals surface area (Å²) in [6.07, 6.45) is -3.77. The number of nitrogens with zero attached hydrogens (tertiary/aromatic N) is 2. The number of halogens is 3. The molecular weight excluding hydrogens is 351 g/mol. The quantitative estimate of drug-likeness (QED) is 0.645. The van der Waals surface area contributed by atoms with Crippen molar-refractivity contribution >= 4 is 5.82 Å². The van der Waals surface area contributed by atoms with E-state index < -0.39 is 11.7 Å². The molecule has 0 radical (unpaired) electrons. The highest BCUT2D eigenvalue weighted by Crippen LogP contribution is 2.41. The average Bonchev–Trinajstić information content (AvgIpc) is 3.23. The van der Waals surface area contributed by atoms with Gasteiger partial charge in [-0.2, -0.15) is 18.3 Å². The fourth-order valence-electron chi connectivity index (χ4n) is 3.67. The van der Waals surface area contributed by atoms with Crippen molar-refractivity contribution in [2.75, 3.05) is 11.9 Å². The molecule has 3 nitrogen and oxygen atoms in total. The number of anilines is 1. The molecule has 2 aromatic carbocycles. The first-order valence-corrected chi connectivity index (χ1v) is 8.99. The molecule has 2 heterocycles. The van der Waals surface area contributed by atoms with E-state index in [0.29, 0.717) is 18.7 Å². The van der Waals surface area contributed by atoms with E-state index in [1.807, 2.05) is 24.3 Å². The minimum atomic E-state index is -4.42. The minimum Gasteiger partial charge on any atom is -0.369 e. The number of rotatable bonds is 3. The Morgan fingerprint density at radius 3 is 2.48 bits per heavy atom. The number of alkyl halides is 3. The standard InChI is InChI=1S/C21H20F3N3/c1-13(2)14-7-4-6-10-18(14)27-20-16(11-12-25-20)19(26-27)15-8-3-5-9-17(15)21(22,23)24/h3-10,13,25H,11-12H2,1-2H3. The molecule has 27 heavy (non-hydrogen) atoms. The van der Waals surface area contributed by atoms with Crippen molar-refractivity contribution in [1.82, 2.24) is 9.78 Å². The summed E-state index contributed by atoms with van der Waals surface area (Å²) >= 11 is 0. The molecule has 0 atom stereocenters. The van der Waals surface area contributed by atoms with E-state index in [9.17, 15) is 13.2 Å². The molecule has 4 rings (SSSR count). The number of hydrogen-bond donors (Lipinski definition) is 1. The molecule has 6 heteroatoms. The predicted octanol–water partition coefficient (Wildman–Crippen LogP) is 5.65. The number of aromatic nitrogens is 2. The number of hydrogen-bond acceptors (Lipinski definition) is 2. The summed E-state index contributed by atoms with van der Waals surface area (Å²) in [5, 5.41) is 7.94. The summed E-state index contributed by atoms with van der Waals surface area (Å²) in [6.45, 7) is 4.88. The summed E-state index contributed by atoms with van der Waals surface area (Å²) in [5.41, 5.74) is 2.72. The predicted molar refractivity (Wildman–Crippen MR) is 100 cm³/mol. The van der Waals surface area contributed by atoms with Gasteiger partial charge in [0.2, 0.25) is 0 Å². The normalized spacial score (nSPS) is 13.7. The lowest BCUT2D eigenvalue weighted by Gasteiger charge is -2.14. The van der Waals surface area contributed by atoms with Gasteiger partial charge in [0.05, 0.1) is 16.9 Å². The van der Waals surface area contributed by atoms with Crippen LogP contribution >= 0.6 is 0 Å². The Hall–Kier alpha value is -2.76. The summed E-state index contributed by atoms with van der Waals surface area (Å²) in [7, 11) is 0. The van der Waals surface area contributed by atoms with Crippen LogP contribution in [0.5, 0.6) is 0 Å². The molecule has 0 bridgehead atoms. The zero-order chi connectivity index (χ0) is 19.2. The SMILES string of the molecule is CC(C)c1ccccc1-n1nc(-c2ccccc2C(F)(F)F)c2c1NCC2. The maximum absolute atomic E-state index is 13.5. The second kappa shape index (κ2) is 6.44. The van der Waals surface area contributed by atoms with Crippen LogP contribution in [-0.4, -0.2) is 16.3 Å². The van der Waals surface area contributed by atoms with Gasteiger partial charge in [-0.05, 0) is 30.0 Å². The molecule has 0 saturated carbocycles. The zero-order valence-electron chi connectivity index (χ0n) is 15.1. The third-order valence-electron chi connectivity index (χ3n) is 4.93. The molecule has 0 aliphatic carbocycles. The lowest BCUT2D eigenvalue weighted by molar-refractivity contribution is -0.137. The van der Waals surface area contributed by atoms with Gasteiger partial charge < -0.3 is 5.32 Å². The Balaban J connectivity index is 1.95. The Labute approximate surface area is 155 Å². The van der Waals surface area contributed by atoms with Crippen molar-refractivity contribution in [3.05, 3.63) is 65.2 Å². The van der Waals surface area contributed by atoms with Crippen molar-refractivity contribution in [3.8, 4) is 16.9 Å². The van der Waals surface area contributed by atoms with Crippen LogP contribution in [0.25, 0.3) is 16.9 Å². The molecule has 1 aromatic heterocycles. The topological polar surface area (TPSA) is 29.9 Å². The Bertz CT molecular complexity index is 987. The Morgan fingerprint density at radius 1 is 1.04 bits per heavy atom. The van der Waals surface area contributed by atoms with Gasteiger partial charge in [-0.15, -0.1) is 0 Å². The van der Waals surface area contributed by atoms with E-state index in [1.54, 1.807) is 10.7 Å². The van der Waals surface area contributed by atoms with E-state index in [0.717, 1.165) is 28.7 Å². The highest BCUT2D eigenvalue weighted by Gasteiger charge is 2.36. The molecule has 0 spiro atoms. The summed E-state index contributed by atoms with van der Waals surface area (Å²) in [6, 6.07) is 13.5.